The van der Waals surface area contributed by atoms with Crippen LogP contribution in [0, 0.1) is 0 Å². The summed E-state index contributed by atoms with van der Waals surface area (Å²) in [6.45, 7) is 1.94. The molecule has 100 valence electrons. The summed E-state index contributed by atoms with van der Waals surface area (Å²) in [5.74, 6) is -0.438. The maximum Gasteiger partial charge on any atom is 0.321 e. The highest BCUT2D eigenvalue weighted by Gasteiger charge is 2.33. The molecule has 2 rings (SSSR count). The van der Waals surface area contributed by atoms with E-state index in [-0.39, 0.29) is 5.03 Å². The number of sulfonamides is 1. The summed E-state index contributed by atoms with van der Waals surface area (Å²) in [4.78, 5) is 14.9. The van der Waals surface area contributed by atoms with Crippen LogP contribution in [0.2, 0.25) is 0 Å². The number of fused-ring (bicyclic) bond motifs is 1. The zero-order valence-corrected chi connectivity index (χ0v) is 11.0. The number of likely N-dealkylation sites (N-methyl/N-ethyl adjacent to an activating group) is 1. The highest BCUT2D eigenvalue weighted by Crippen LogP contribution is 2.23. The van der Waals surface area contributed by atoms with Crippen LogP contribution in [0.4, 0.5) is 0 Å². The van der Waals surface area contributed by atoms with E-state index in [2.05, 4.69) is 4.98 Å². The Labute approximate surface area is 105 Å². The Morgan fingerprint density at radius 2 is 2.28 bits per heavy atom. The minimum Gasteiger partial charge on any atom is -0.480 e. The Hall–Kier alpha value is -1.41. The number of imidazole rings is 1. The van der Waals surface area contributed by atoms with Gasteiger partial charge in [0.05, 0.1) is 6.20 Å². The topological polar surface area (TPSA) is 92.5 Å². The van der Waals surface area contributed by atoms with E-state index < -0.39 is 22.0 Å². The average Bonchev–Trinajstić information content (AvgIpc) is 2.87. The normalized spacial score (nSPS) is 16.8. The van der Waals surface area contributed by atoms with E-state index in [0.29, 0.717) is 6.54 Å². The Morgan fingerprint density at radius 3 is 2.89 bits per heavy atom. The van der Waals surface area contributed by atoms with Gasteiger partial charge in [-0.05, 0) is 13.3 Å². The van der Waals surface area contributed by atoms with E-state index in [0.717, 1.165) is 23.0 Å². The number of aryl methyl sites for hydroxylation is 1. The van der Waals surface area contributed by atoms with Gasteiger partial charge in [-0.25, -0.2) is 13.4 Å². The number of hydrogen-bond donors (Lipinski definition) is 1. The number of aliphatic carboxylic acids is 1. The number of rotatable bonds is 4. The highest BCUT2D eigenvalue weighted by molar-refractivity contribution is 7.89. The Balaban J connectivity index is 2.39. The van der Waals surface area contributed by atoms with Gasteiger partial charge in [-0.15, -0.1) is 0 Å². The minimum absolute atomic E-state index is 0.0746. The van der Waals surface area contributed by atoms with Crippen molar-refractivity contribution < 1.29 is 18.3 Å². The molecule has 2 heterocycles. The number of hydrogen-bond acceptors (Lipinski definition) is 4. The maximum absolute atomic E-state index is 12.3. The Morgan fingerprint density at radius 1 is 1.61 bits per heavy atom. The average molecular weight is 273 g/mol. The smallest absolute Gasteiger partial charge is 0.321 e. The van der Waals surface area contributed by atoms with Crippen molar-refractivity contribution in [2.75, 3.05) is 7.05 Å². The molecule has 0 radical (unpaired) electrons. The lowest BCUT2D eigenvalue weighted by atomic mass is 10.4. The lowest BCUT2D eigenvalue weighted by molar-refractivity contribution is -0.140. The molecule has 0 saturated heterocycles. The summed E-state index contributed by atoms with van der Waals surface area (Å²) >= 11 is 0. The highest BCUT2D eigenvalue weighted by atomic mass is 32.2. The monoisotopic (exact) mass is 273 g/mol. The van der Waals surface area contributed by atoms with Crippen LogP contribution in [0.1, 0.15) is 19.2 Å². The van der Waals surface area contributed by atoms with Gasteiger partial charge in [-0.2, -0.15) is 4.31 Å². The van der Waals surface area contributed by atoms with E-state index in [1.54, 1.807) is 4.57 Å². The van der Waals surface area contributed by atoms with Crippen molar-refractivity contribution in [3.8, 4) is 0 Å². The zero-order valence-electron chi connectivity index (χ0n) is 10.2. The van der Waals surface area contributed by atoms with Crippen LogP contribution in [0.5, 0.6) is 0 Å². The largest absolute Gasteiger partial charge is 0.480 e. The third-order valence-electron chi connectivity index (χ3n) is 3.23. The Kier molecular flexibility index (Phi) is 3.16. The first kappa shape index (κ1) is 13.0. The molecule has 0 fully saturated rings. The standard InChI is InChI=1S/C10H15N3O4S/c1-7(10(14)15)12(2)18(16,17)9-6-11-8-4-3-5-13(8)9/h6-7H,3-5H2,1-2H3,(H,14,15). The lowest BCUT2D eigenvalue weighted by Gasteiger charge is -2.21. The van der Waals surface area contributed by atoms with Gasteiger partial charge in [0, 0.05) is 20.0 Å². The molecule has 18 heavy (non-hydrogen) atoms. The van der Waals surface area contributed by atoms with Crippen molar-refractivity contribution in [3.63, 3.8) is 0 Å². The summed E-state index contributed by atoms with van der Waals surface area (Å²) in [5.41, 5.74) is 0. The molecule has 0 aromatic carbocycles. The van der Waals surface area contributed by atoms with Gasteiger partial charge >= 0.3 is 5.97 Å². The third-order valence-corrected chi connectivity index (χ3v) is 5.16. The molecule has 1 aromatic rings. The van der Waals surface area contributed by atoms with Gasteiger partial charge in [0.15, 0.2) is 5.03 Å². The van der Waals surface area contributed by atoms with Crippen molar-refractivity contribution in [2.24, 2.45) is 0 Å². The summed E-state index contributed by atoms with van der Waals surface area (Å²) in [6, 6.07) is -1.11. The number of carbonyl (C=O) groups is 1. The Bertz CT molecular complexity index is 578. The predicted molar refractivity (Wildman–Crippen MR) is 62.6 cm³/mol. The van der Waals surface area contributed by atoms with Crippen LogP contribution in [0.25, 0.3) is 0 Å². The molecule has 1 aromatic heterocycles. The first-order valence-electron chi connectivity index (χ1n) is 5.61. The number of carboxylic acids is 1. The number of carboxylic acid groups (broad SMARTS) is 1. The van der Waals surface area contributed by atoms with E-state index in [1.165, 1.54) is 20.2 Å². The quantitative estimate of drug-likeness (QED) is 0.828. The van der Waals surface area contributed by atoms with Gasteiger partial charge < -0.3 is 9.67 Å². The molecule has 0 amide bonds. The second-order valence-electron chi connectivity index (χ2n) is 4.30. The van der Waals surface area contributed by atoms with Gasteiger partial charge in [0.2, 0.25) is 0 Å². The number of nitrogens with zero attached hydrogens (tertiary/aromatic N) is 3. The maximum atomic E-state index is 12.3. The van der Waals surface area contributed by atoms with Crippen molar-refractivity contribution in [2.45, 2.75) is 37.4 Å². The van der Waals surface area contributed by atoms with Crippen molar-refractivity contribution in [1.82, 2.24) is 13.9 Å². The molecular weight excluding hydrogens is 258 g/mol. The summed E-state index contributed by atoms with van der Waals surface area (Å²) in [5, 5.41) is 8.95. The van der Waals surface area contributed by atoms with Crippen LogP contribution in [-0.2, 0) is 27.8 Å². The van der Waals surface area contributed by atoms with Crippen molar-refractivity contribution in [3.05, 3.63) is 12.0 Å². The summed E-state index contributed by atoms with van der Waals surface area (Å²) in [6.07, 6.45) is 2.92. The van der Waals surface area contributed by atoms with Crippen LogP contribution < -0.4 is 0 Å². The molecular formula is C10H15N3O4S. The predicted octanol–water partition coefficient (Wildman–Crippen LogP) is -0.0771. The van der Waals surface area contributed by atoms with Crippen molar-refractivity contribution >= 4 is 16.0 Å². The summed E-state index contributed by atoms with van der Waals surface area (Å²) in [7, 11) is -2.55. The van der Waals surface area contributed by atoms with Gasteiger partial charge in [-0.3, -0.25) is 4.79 Å². The van der Waals surface area contributed by atoms with E-state index >= 15 is 0 Å². The third kappa shape index (κ3) is 1.91. The fourth-order valence-corrected chi connectivity index (χ4v) is 3.41. The van der Waals surface area contributed by atoms with E-state index in [9.17, 15) is 13.2 Å². The molecule has 0 aliphatic carbocycles. The molecule has 0 bridgehead atoms. The molecule has 1 aliphatic rings. The second kappa shape index (κ2) is 4.36. The molecule has 0 saturated carbocycles. The molecule has 1 N–H and O–H groups in total. The molecule has 1 atom stereocenters. The number of aromatic nitrogens is 2. The van der Waals surface area contributed by atoms with Crippen LogP contribution in [0.3, 0.4) is 0 Å². The van der Waals surface area contributed by atoms with Crippen LogP contribution in [-0.4, -0.2) is 46.4 Å². The molecule has 8 heteroatoms. The van der Waals surface area contributed by atoms with Gasteiger partial charge in [-0.1, -0.05) is 0 Å². The fraction of sp³-hybridized carbons (Fsp3) is 0.600. The SMILES string of the molecule is CC(C(=O)O)N(C)S(=O)(=O)c1cnc2n1CCC2. The first-order chi connectivity index (χ1) is 8.35. The molecule has 7 nitrogen and oxygen atoms in total. The molecule has 0 spiro atoms. The van der Waals surface area contributed by atoms with Gasteiger partial charge in [0.1, 0.15) is 11.9 Å². The van der Waals surface area contributed by atoms with E-state index in [1.807, 2.05) is 0 Å². The van der Waals surface area contributed by atoms with Gasteiger partial charge in [0.25, 0.3) is 10.0 Å². The fourth-order valence-electron chi connectivity index (χ4n) is 1.95. The molecule has 1 aliphatic heterocycles. The van der Waals surface area contributed by atoms with E-state index in [4.69, 9.17) is 5.11 Å². The second-order valence-corrected chi connectivity index (χ2v) is 6.25. The van der Waals surface area contributed by atoms with Crippen LogP contribution >= 0.6 is 0 Å². The first-order valence-corrected chi connectivity index (χ1v) is 7.05. The minimum atomic E-state index is -3.81. The molecule has 1 unspecified atom stereocenters. The van der Waals surface area contributed by atoms with Crippen molar-refractivity contribution in [1.29, 1.82) is 0 Å². The summed E-state index contributed by atoms with van der Waals surface area (Å²) < 4.78 is 27.1. The lowest BCUT2D eigenvalue weighted by Crippen LogP contribution is -2.40. The zero-order chi connectivity index (χ0) is 13.5. The van der Waals surface area contributed by atoms with Crippen LogP contribution in [0.15, 0.2) is 11.2 Å².